The van der Waals surface area contributed by atoms with Crippen LogP contribution in [0.25, 0.3) is 0 Å². The Morgan fingerprint density at radius 1 is 1.03 bits per heavy atom. The maximum absolute atomic E-state index is 13.3. The number of anilines is 1. The average Bonchev–Trinajstić information content (AvgIpc) is 2.90. The Morgan fingerprint density at radius 3 is 2.42 bits per heavy atom. The molecular weight excluding hydrogens is 563 g/mol. The molecule has 1 aliphatic heterocycles. The van der Waals surface area contributed by atoms with Gasteiger partial charge < -0.3 is 19.7 Å². The first-order chi connectivity index (χ1) is 18.2. The first kappa shape index (κ1) is 28.7. The zero-order chi connectivity index (χ0) is 27.1. The molecule has 6 nitrogen and oxygen atoms in total. The number of hydrogen-bond acceptors (Lipinski definition) is 5. The number of halogens is 4. The predicted molar refractivity (Wildman–Crippen MR) is 144 cm³/mol. The molecule has 0 unspecified atom stereocenters. The molecule has 2 aromatic rings. The molecule has 4 rings (SSSR count). The first-order valence-electron chi connectivity index (χ1n) is 13.2. The lowest BCUT2D eigenvalue weighted by Gasteiger charge is -2.35. The number of piperazine rings is 1. The molecule has 208 valence electrons. The number of nitrogens with one attached hydrogen (secondary N) is 1. The molecule has 1 N–H and O–H groups in total. The zero-order valence-corrected chi connectivity index (χ0v) is 23.2. The van der Waals surface area contributed by atoms with Crippen molar-refractivity contribution in [3.63, 3.8) is 0 Å². The van der Waals surface area contributed by atoms with E-state index in [9.17, 15) is 18.0 Å². The number of carbonyl (C=O) groups excluding carboxylic acids is 1. The number of para-hydroxylation sites is 1. The van der Waals surface area contributed by atoms with Gasteiger partial charge in [0, 0.05) is 49.7 Å². The Balaban J connectivity index is 1.36. The number of rotatable bonds is 9. The number of hydrogen-bond donors (Lipinski definition) is 1. The average molecular weight is 599 g/mol. The third kappa shape index (κ3) is 8.10. The summed E-state index contributed by atoms with van der Waals surface area (Å²) in [5.41, 5.74) is 1.68. The molecule has 0 bridgehead atoms. The lowest BCUT2D eigenvalue weighted by molar-refractivity contribution is -0.274. The fraction of sp³-hybridized carbons (Fsp3) is 0.536. The highest BCUT2D eigenvalue weighted by atomic mass is 79.9. The number of methoxy groups -OCH3 is 1. The van der Waals surface area contributed by atoms with Gasteiger partial charge in [-0.1, -0.05) is 47.3 Å². The van der Waals surface area contributed by atoms with Gasteiger partial charge in [0.05, 0.1) is 12.8 Å². The Morgan fingerprint density at radius 2 is 1.74 bits per heavy atom. The largest absolute Gasteiger partial charge is 0.573 e. The van der Waals surface area contributed by atoms with Crippen LogP contribution in [0.2, 0.25) is 0 Å². The van der Waals surface area contributed by atoms with Gasteiger partial charge in [0.15, 0.2) is 5.75 Å². The van der Waals surface area contributed by atoms with E-state index in [4.69, 9.17) is 4.74 Å². The number of alkyl halides is 3. The summed E-state index contributed by atoms with van der Waals surface area (Å²) in [6.07, 6.45) is 0.0978. The smallest absolute Gasteiger partial charge is 0.497 e. The van der Waals surface area contributed by atoms with E-state index in [1.54, 1.807) is 19.2 Å². The molecule has 1 heterocycles. The van der Waals surface area contributed by atoms with Crippen molar-refractivity contribution < 1.29 is 27.4 Å². The minimum Gasteiger partial charge on any atom is -0.497 e. The molecule has 38 heavy (non-hydrogen) atoms. The minimum atomic E-state index is -4.85. The summed E-state index contributed by atoms with van der Waals surface area (Å²) >= 11 is 3.61. The summed E-state index contributed by atoms with van der Waals surface area (Å²) in [5.74, 6) is 0.120. The molecule has 0 radical (unpaired) electrons. The highest BCUT2D eigenvalue weighted by molar-refractivity contribution is 9.10. The summed E-state index contributed by atoms with van der Waals surface area (Å²) in [6, 6.07) is 10.7. The van der Waals surface area contributed by atoms with Crippen molar-refractivity contribution in [2.75, 3.05) is 45.2 Å². The van der Waals surface area contributed by atoms with Crippen molar-refractivity contribution in [1.29, 1.82) is 0 Å². The molecular formula is C28H35BrF3N3O3. The van der Waals surface area contributed by atoms with Crippen LogP contribution in [0, 0.1) is 5.92 Å². The van der Waals surface area contributed by atoms with Gasteiger partial charge in [-0.25, -0.2) is 0 Å². The van der Waals surface area contributed by atoms with Gasteiger partial charge in [0.1, 0.15) is 5.75 Å². The number of amides is 1. The van der Waals surface area contributed by atoms with Crippen LogP contribution in [-0.4, -0.2) is 61.9 Å². The third-order valence-corrected chi connectivity index (χ3v) is 8.13. The van der Waals surface area contributed by atoms with Gasteiger partial charge in [-0.15, -0.1) is 13.2 Å². The molecule has 1 aliphatic carbocycles. The van der Waals surface area contributed by atoms with E-state index in [0.717, 1.165) is 80.6 Å². The summed E-state index contributed by atoms with van der Waals surface area (Å²) in [7, 11) is 1.65. The molecule has 0 aromatic heterocycles. The van der Waals surface area contributed by atoms with Gasteiger partial charge in [-0.05, 0) is 54.7 Å². The zero-order valence-electron chi connectivity index (χ0n) is 21.7. The number of carbonyl (C=O) groups is 1. The van der Waals surface area contributed by atoms with Gasteiger partial charge in [-0.3, -0.25) is 9.69 Å². The van der Waals surface area contributed by atoms with Crippen LogP contribution in [0.1, 0.15) is 43.2 Å². The summed E-state index contributed by atoms with van der Waals surface area (Å²) in [4.78, 5) is 17.4. The standard InChI is InChI=1S/C28H35BrF3N3O3/c1-37-23-10-11-24(29)22(18-23)19-35-16-14-34(15-17-35)13-12-20-8-5-9-25(26(20)38-28(30,31)32)33-27(36)21-6-3-2-4-7-21/h5,8-11,18,21H,2-4,6-7,12-17,19H2,1H3,(H,33,36). The van der Waals surface area contributed by atoms with Crippen molar-refractivity contribution in [2.45, 2.75) is 51.4 Å². The molecule has 1 amide bonds. The van der Waals surface area contributed by atoms with Crippen molar-refractivity contribution in [3.8, 4) is 11.5 Å². The van der Waals surface area contributed by atoms with Gasteiger partial charge in [0.25, 0.3) is 0 Å². The van der Waals surface area contributed by atoms with E-state index in [-0.39, 0.29) is 23.3 Å². The van der Waals surface area contributed by atoms with E-state index in [1.807, 2.05) is 18.2 Å². The summed E-state index contributed by atoms with van der Waals surface area (Å²) in [5, 5.41) is 2.73. The topological polar surface area (TPSA) is 54.0 Å². The fourth-order valence-electron chi connectivity index (χ4n) is 5.21. The lowest BCUT2D eigenvalue weighted by Crippen LogP contribution is -2.46. The van der Waals surface area contributed by atoms with E-state index in [1.165, 1.54) is 6.07 Å². The lowest BCUT2D eigenvalue weighted by atomic mass is 9.88. The number of nitrogens with zero attached hydrogens (tertiary/aromatic N) is 2. The van der Waals surface area contributed by atoms with Gasteiger partial charge in [-0.2, -0.15) is 0 Å². The Kier molecular flexibility index (Phi) is 9.95. The molecule has 1 saturated heterocycles. The predicted octanol–water partition coefficient (Wildman–Crippen LogP) is 6.24. The van der Waals surface area contributed by atoms with Crippen LogP contribution in [-0.2, 0) is 17.8 Å². The Labute approximate surface area is 230 Å². The third-order valence-electron chi connectivity index (χ3n) is 7.36. The summed E-state index contributed by atoms with van der Waals surface area (Å²) < 4.78 is 50.8. The fourth-order valence-corrected chi connectivity index (χ4v) is 5.58. The second kappa shape index (κ2) is 13.2. The molecule has 2 fully saturated rings. The van der Waals surface area contributed by atoms with E-state index >= 15 is 0 Å². The van der Waals surface area contributed by atoms with Crippen molar-refractivity contribution in [1.82, 2.24) is 9.80 Å². The van der Waals surface area contributed by atoms with Crippen LogP contribution in [0.15, 0.2) is 40.9 Å². The SMILES string of the molecule is COc1ccc(Br)c(CN2CCN(CCc3cccc(NC(=O)C4CCCCC4)c3OC(F)(F)F)CC2)c1. The number of ether oxygens (including phenoxy) is 2. The highest BCUT2D eigenvalue weighted by Gasteiger charge is 2.34. The van der Waals surface area contributed by atoms with Crippen LogP contribution in [0.3, 0.4) is 0 Å². The molecule has 0 atom stereocenters. The normalized spacial score (nSPS) is 17.8. The van der Waals surface area contributed by atoms with Crippen LogP contribution < -0.4 is 14.8 Å². The second-order valence-electron chi connectivity index (χ2n) is 9.99. The molecule has 0 spiro atoms. The Hall–Kier alpha value is -2.30. The van der Waals surface area contributed by atoms with E-state index in [0.29, 0.717) is 18.5 Å². The van der Waals surface area contributed by atoms with Gasteiger partial charge in [0.2, 0.25) is 5.91 Å². The monoisotopic (exact) mass is 597 g/mol. The molecule has 2 aliphatic rings. The van der Waals surface area contributed by atoms with Crippen molar-refractivity contribution in [3.05, 3.63) is 52.0 Å². The van der Waals surface area contributed by atoms with Crippen molar-refractivity contribution in [2.24, 2.45) is 5.92 Å². The van der Waals surface area contributed by atoms with Crippen LogP contribution in [0.5, 0.6) is 11.5 Å². The summed E-state index contributed by atoms with van der Waals surface area (Å²) in [6.45, 7) is 4.73. The minimum absolute atomic E-state index is 0.0871. The maximum Gasteiger partial charge on any atom is 0.573 e. The van der Waals surface area contributed by atoms with E-state index < -0.39 is 6.36 Å². The Bertz CT molecular complexity index is 1080. The number of benzene rings is 2. The second-order valence-corrected chi connectivity index (χ2v) is 10.8. The highest BCUT2D eigenvalue weighted by Crippen LogP contribution is 2.36. The van der Waals surface area contributed by atoms with Crippen LogP contribution >= 0.6 is 15.9 Å². The molecule has 10 heteroatoms. The first-order valence-corrected chi connectivity index (χ1v) is 14.0. The maximum atomic E-state index is 13.3. The molecule has 1 saturated carbocycles. The van der Waals surface area contributed by atoms with Crippen LogP contribution in [0.4, 0.5) is 18.9 Å². The van der Waals surface area contributed by atoms with Crippen molar-refractivity contribution >= 4 is 27.5 Å². The molecule has 2 aromatic carbocycles. The quantitative estimate of drug-likeness (QED) is 0.371. The van der Waals surface area contributed by atoms with Gasteiger partial charge >= 0.3 is 6.36 Å². The van der Waals surface area contributed by atoms with E-state index in [2.05, 4.69) is 35.8 Å².